The lowest BCUT2D eigenvalue weighted by Gasteiger charge is -2.13. The molecule has 4 heteroatoms. The van der Waals surface area contributed by atoms with Gasteiger partial charge >= 0.3 is 0 Å². The summed E-state index contributed by atoms with van der Waals surface area (Å²) in [4.78, 5) is 4.38. The van der Waals surface area contributed by atoms with Crippen LogP contribution in [0.3, 0.4) is 0 Å². The summed E-state index contributed by atoms with van der Waals surface area (Å²) in [6.07, 6.45) is 5.95. The first-order chi connectivity index (χ1) is 10.3. The van der Waals surface area contributed by atoms with Gasteiger partial charge in [0.25, 0.3) is 0 Å². The highest BCUT2D eigenvalue weighted by Crippen LogP contribution is 2.18. The van der Waals surface area contributed by atoms with Crippen LogP contribution in [0.1, 0.15) is 31.2 Å². The molecule has 0 spiro atoms. The van der Waals surface area contributed by atoms with Crippen LogP contribution in [0.15, 0.2) is 42.7 Å². The number of hydrogen-bond acceptors (Lipinski definition) is 3. The SMILES string of the molecule is COCCCn1ccnc1NCCC(C)c1ccccc1. The second-order valence-electron chi connectivity index (χ2n) is 5.32. The van der Waals surface area contributed by atoms with E-state index in [2.05, 4.69) is 52.1 Å². The molecule has 1 unspecified atom stereocenters. The van der Waals surface area contributed by atoms with E-state index in [4.69, 9.17) is 4.74 Å². The van der Waals surface area contributed by atoms with E-state index < -0.39 is 0 Å². The number of methoxy groups -OCH3 is 1. The predicted molar refractivity (Wildman–Crippen MR) is 86.7 cm³/mol. The Morgan fingerprint density at radius 2 is 2.10 bits per heavy atom. The van der Waals surface area contributed by atoms with Gasteiger partial charge in [0.2, 0.25) is 5.95 Å². The predicted octanol–water partition coefficient (Wildman–Crippen LogP) is 3.53. The molecule has 0 amide bonds. The summed E-state index contributed by atoms with van der Waals surface area (Å²) >= 11 is 0. The Morgan fingerprint density at radius 3 is 2.86 bits per heavy atom. The molecule has 0 aliphatic rings. The van der Waals surface area contributed by atoms with Crippen molar-refractivity contribution in [2.24, 2.45) is 0 Å². The van der Waals surface area contributed by atoms with E-state index in [1.807, 2.05) is 12.4 Å². The molecule has 0 saturated carbocycles. The van der Waals surface area contributed by atoms with E-state index in [0.29, 0.717) is 5.92 Å². The summed E-state index contributed by atoms with van der Waals surface area (Å²) in [6, 6.07) is 10.6. The molecule has 4 nitrogen and oxygen atoms in total. The van der Waals surface area contributed by atoms with Crippen molar-refractivity contribution in [2.75, 3.05) is 25.6 Å². The second-order valence-corrected chi connectivity index (χ2v) is 5.32. The minimum Gasteiger partial charge on any atom is -0.385 e. The summed E-state index contributed by atoms with van der Waals surface area (Å²) in [5.41, 5.74) is 1.39. The van der Waals surface area contributed by atoms with Gasteiger partial charge in [-0.1, -0.05) is 37.3 Å². The first-order valence-electron chi connectivity index (χ1n) is 7.60. The van der Waals surface area contributed by atoms with Crippen LogP contribution in [-0.4, -0.2) is 29.8 Å². The molecule has 21 heavy (non-hydrogen) atoms. The van der Waals surface area contributed by atoms with Crippen LogP contribution < -0.4 is 5.32 Å². The van der Waals surface area contributed by atoms with Gasteiger partial charge in [0.05, 0.1) is 0 Å². The minimum atomic E-state index is 0.551. The van der Waals surface area contributed by atoms with Gasteiger partial charge in [-0.3, -0.25) is 0 Å². The maximum Gasteiger partial charge on any atom is 0.202 e. The van der Waals surface area contributed by atoms with E-state index in [9.17, 15) is 0 Å². The molecule has 1 N–H and O–H groups in total. The van der Waals surface area contributed by atoms with Crippen LogP contribution in [0.2, 0.25) is 0 Å². The third-order valence-corrected chi connectivity index (χ3v) is 3.69. The van der Waals surface area contributed by atoms with E-state index in [1.165, 1.54) is 5.56 Å². The zero-order valence-corrected chi connectivity index (χ0v) is 13.0. The van der Waals surface area contributed by atoms with Gasteiger partial charge in [0.15, 0.2) is 0 Å². The monoisotopic (exact) mass is 287 g/mol. The third-order valence-electron chi connectivity index (χ3n) is 3.69. The average Bonchev–Trinajstić information content (AvgIpc) is 2.96. The average molecular weight is 287 g/mol. The number of hydrogen-bond donors (Lipinski definition) is 1. The van der Waals surface area contributed by atoms with E-state index in [-0.39, 0.29) is 0 Å². The van der Waals surface area contributed by atoms with Crippen molar-refractivity contribution in [3.63, 3.8) is 0 Å². The first-order valence-corrected chi connectivity index (χ1v) is 7.60. The summed E-state index contributed by atoms with van der Waals surface area (Å²) in [5, 5.41) is 3.43. The molecule has 0 aliphatic heterocycles. The van der Waals surface area contributed by atoms with Gasteiger partial charge in [0, 0.05) is 39.2 Å². The molecule has 2 aromatic rings. The number of rotatable bonds is 9. The maximum absolute atomic E-state index is 5.09. The lowest BCUT2D eigenvalue weighted by atomic mass is 9.98. The third kappa shape index (κ3) is 4.90. The summed E-state index contributed by atoms with van der Waals surface area (Å²) in [7, 11) is 1.73. The fourth-order valence-electron chi connectivity index (χ4n) is 2.38. The molecular formula is C17H25N3O. The zero-order chi connectivity index (χ0) is 14.9. The Balaban J connectivity index is 1.77. The van der Waals surface area contributed by atoms with Crippen LogP contribution in [0.5, 0.6) is 0 Å². The Morgan fingerprint density at radius 1 is 1.29 bits per heavy atom. The molecular weight excluding hydrogens is 262 g/mol. The lowest BCUT2D eigenvalue weighted by Crippen LogP contribution is -2.11. The van der Waals surface area contributed by atoms with Gasteiger partial charge < -0.3 is 14.6 Å². The standard InChI is InChI=1S/C17H25N3O/c1-15(16-7-4-3-5-8-16)9-10-18-17-19-11-13-20(17)12-6-14-21-2/h3-5,7-8,11,13,15H,6,9-10,12,14H2,1-2H3,(H,18,19). The number of ether oxygens (including phenoxy) is 1. The molecule has 1 aromatic heterocycles. The number of aryl methyl sites for hydroxylation is 1. The second kappa shape index (κ2) is 8.47. The van der Waals surface area contributed by atoms with Crippen molar-refractivity contribution < 1.29 is 4.74 Å². The van der Waals surface area contributed by atoms with Crippen molar-refractivity contribution in [3.05, 3.63) is 48.3 Å². The smallest absolute Gasteiger partial charge is 0.202 e. The van der Waals surface area contributed by atoms with Crippen molar-refractivity contribution in [1.82, 2.24) is 9.55 Å². The highest BCUT2D eigenvalue weighted by atomic mass is 16.5. The Labute approximate surface area is 127 Å². The van der Waals surface area contributed by atoms with Crippen LogP contribution in [0, 0.1) is 0 Å². The van der Waals surface area contributed by atoms with Crippen LogP contribution >= 0.6 is 0 Å². The van der Waals surface area contributed by atoms with Crippen molar-refractivity contribution >= 4 is 5.95 Å². The van der Waals surface area contributed by atoms with Gasteiger partial charge in [-0.15, -0.1) is 0 Å². The molecule has 0 aliphatic carbocycles. The Hall–Kier alpha value is -1.81. The number of anilines is 1. The van der Waals surface area contributed by atoms with E-state index in [0.717, 1.165) is 38.5 Å². The summed E-state index contributed by atoms with van der Waals surface area (Å²) in [5.74, 6) is 1.50. The van der Waals surface area contributed by atoms with Crippen LogP contribution in [0.25, 0.3) is 0 Å². The van der Waals surface area contributed by atoms with Crippen LogP contribution in [-0.2, 0) is 11.3 Å². The fourth-order valence-corrected chi connectivity index (χ4v) is 2.38. The first kappa shape index (κ1) is 15.6. The minimum absolute atomic E-state index is 0.551. The Bertz CT molecular complexity index is 510. The van der Waals surface area contributed by atoms with Crippen molar-refractivity contribution in [3.8, 4) is 0 Å². The molecule has 114 valence electrons. The molecule has 1 aromatic carbocycles. The number of nitrogens with zero attached hydrogens (tertiary/aromatic N) is 2. The highest BCUT2D eigenvalue weighted by Gasteiger charge is 2.06. The van der Waals surface area contributed by atoms with Crippen molar-refractivity contribution in [2.45, 2.75) is 32.2 Å². The highest BCUT2D eigenvalue weighted by molar-refractivity contribution is 5.26. The molecule has 2 rings (SSSR count). The van der Waals surface area contributed by atoms with Crippen molar-refractivity contribution in [1.29, 1.82) is 0 Å². The number of benzene rings is 1. The normalized spacial score (nSPS) is 12.3. The topological polar surface area (TPSA) is 39.1 Å². The molecule has 0 radical (unpaired) electrons. The Kier molecular flexibility index (Phi) is 6.28. The molecule has 0 fully saturated rings. The van der Waals surface area contributed by atoms with E-state index in [1.54, 1.807) is 7.11 Å². The molecule has 0 saturated heterocycles. The number of aromatic nitrogens is 2. The van der Waals surface area contributed by atoms with E-state index >= 15 is 0 Å². The maximum atomic E-state index is 5.09. The summed E-state index contributed by atoms with van der Waals surface area (Å²) in [6.45, 7) is 4.91. The quantitative estimate of drug-likeness (QED) is 0.717. The fraction of sp³-hybridized carbons (Fsp3) is 0.471. The molecule has 0 bridgehead atoms. The van der Waals surface area contributed by atoms with Gasteiger partial charge in [-0.2, -0.15) is 0 Å². The molecule has 1 atom stereocenters. The number of nitrogens with one attached hydrogen (secondary N) is 1. The number of imidazole rings is 1. The van der Waals surface area contributed by atoms with Gasteiger partial charge in [-0.05, 0) is 24.3 Å². The zero-order valence-electron chi connectivity index (χ0n) is 13.0. The largest absolute Gasteiger partial charge is 0.385 e. The van der Waals surface area contributed by atoms with Gasteiger partial charge in [0.1, 0.15) is 0 Å². The summed E-state index contributed by atoms with van der Waals surface area (Å²) < 4.78 is 7.23. The molecule has 1 heterocycles. The van der Waals surface area contributed by atoms with Crippen LogP contribution in [0.4, 0.5) is 5.95 Å². The van der Waals surface area contributed by atoms with Gasteiger partial charge in [-0.25, -0.2) is 4.98 Å². The lowest BCUT2D eigenvalue weighted by molar-refractivity contribution is 0.190.